The van der Waals surface area contributed by atoms with Crippen molar-refractivity contribution < 1.29 is 37.1 Å². The van der Waals surface area contributed by atoms with Crippen molar-refractivity contribution in [3.05, 3.63) is 34.8 Å². The summed E-state index contributed by atoms with van der Waals surface area (Å²) in [6.45, 7) is 9.30. The molecule has 0 radical (unpaired) electrons. The number of likely N-dealkylation sites (tertiary alicyclic amines) is 1. The maximum Gasteiger partial charge on any atom is 0.408 e. The van der Waals surface area contributed by atoms with Crippen LogP contribution in [0.1, 0.15) is 85.6 Å². The SMILES string of the molecule is CC(C)n1c(OC2CC(C(N)=O)N(C(=O)C(CCCCCC=CC3CC3C(=O)NS(=O)(=O)N(C)C)NC(=O)OC(C)(C)C)C2)nc2c(Br)cccc21. The molecule has 5 unspecified atom stereocenters. The van der Waals surface area contributed by atoms with Gasteiger partial charge in [-0.25, -0.2) is 9.52 Å². The number of primary amides is 1. The number of carbonyl (C=O) groups excluding carboxylic acids is 4. The zero-order valence-corrected chi connectivity index (χ0v) is 33.3. The molecule has 1 aliphatic carbocycles. The van der Waals surface area contributed by atoms with Crippen LogP contribution in [-0.2, 0) is 29.3 Å². The van der Waals surface area contributed by atoms with Crippen molar-refractivity contribution in [1.82, 2.24) is 28.8 Å². The van der Waals surface area contributed by atoms with Crippen LogP contribution in [0.25, 0.3) is 11.0 Å². The largest absolute Gasteiger partial charge is 0.459 e. The molecule has 2 fully saturated rings. The van der Waals surface area contributed by atoms with E-state index in [1.54, 1.807) is 20.8 Å². The Morgan fingerprint density at radius 2 is 1.85 bits per heavy atom. The van der Waals surface area contributed by atoms with Gasteiger partial charge in [0.05, 0.1) is 12.1 Å². The van der Waals surface area contributed by atoms with Crippen molar-refractivity contribution in [2.45, 2.75) is 109 Å². The standard InChI is InChI=1S/C35H52BrN7O8S/c1-21(2)43-27-17-13-15-25(36)29(27)39-33(43)50-23-19-28(30(37)44)42(20-23)32(46)26(38-34(47)51-35(3,4)5)16-12-10-8-9-11-14-22-18-24(22)31(45)40-52(48,49)41(6)7/h11,13-15,17,21-24,26,28H,8-10,12,16,18-20H2,1-7H3,(H2,37,44)(H,38,47)(H,40,45). The zero-order chi connectivity index (χ0) is 38.5. The molecule has 0 spiro atoms. The highest BCUT2D eigenvalue weighted by molar-refractivity contribution is 9.10. The minimum atomic E-state index is -3.82. The average molecular weight is 811 g/mol. The number of ether oxygens (including phenoxy) is 2. The van der Waals surface area contributed by atoms with Crippen molar-refractivity contribution >= 4 is 61.0 Å². The number of alkyl carbamates (subject to hydrolysis) is 1. The molecule has 15 nitrogen and oxygen atoms in total. The van der Waals surface area contributed by atoms with E-state index in [1.165, 1.54) is 19.0 Å². The first-order valence-electron chi connectivity index (χ1n) is 17.6. The lowest BCUT2D eigenvalue weighted by atomic mass is 10.0. The van der Waals surface area contributed by atoms with Gasteiger partial charge < -0.3 is 25.4 Å². The van der Waals surface area contributed by atoms with Gasteiger partial charge in [0.1, 0.15) is 29.3 Å². The number of rotatable bonds is 16. The number of aromatic nitrogens is 2. The van der Waals surface area contributed by atoms with Crippen LogP contribution < -0.4 is 20.5 Å². The fourth-order valence-corrected chi connectivity index (χ4v) is 7.21. The predicted octanol–water partition coefficient (Wildman–Crippen LogP) is 4.17. The van der Waals surface area contributed by atoms with E-state index in [-0.39, 0.29) is 30.8 Å². The van der Waals surface area contributed by atoms with Gasteiger partial charge in [0.25, 0.3) is 6.01 Å². The summed E-state index contributed by atoms with van der Waals surface area (Å²) in [5.74, 6) is -1.99. The van der Waals surface area contributed by atoms with Crippen molar-refractivity contribution in [3.63, 3.8) is 0 Å². The van der Waals surface area contributed by atoms with Crippen LogP contribution in [0.5, 0.6) is 6.01 Å². The summed E-state index contributed by atoms with van der Waals surface area (Å²) in [5.41, 5.74) is 6.63. The summed E-state index contributed by atoms with van der Waals surface area (Å²) in [7, 11) is -1.11. The molecule has 4 N–H and O–H groups in total. The van der Waals surface area contributed by atoms with Gasteiger partial charge in [-0.05, 0) is 94.3 Å². The van der Waals surface area contributed by atoms with Crippen molar-refractivity contribution in [2.24, 2.45) is 17.6 Å². The van der Waals surface area contributed by atoms with Crippen LogP contribution in [0.15, 0.2) is 34.8 Å². The molecule has 52 heavy (non-hydrogen) atoms. The van der Waals surface area contributed by atoms with E-state index in [1.807, 2.05) is 48.8 Å². The van der Waals surface area contributed by atoms with E-state index < -0.39 is 57.8 Å². The van der Waals surface area contributed by atoms with Crippen LogP contribution in [0.4, 0.5) is 4.79 Å². The zero-order valence-electron chi connectivity index (χ0n) is 30.9. The van der Waals surface area contributed by atoms with E-state index in [0.29, 0.717) is 25.3 Å². The molecule has 1 aliphatic heterocycles. The van der Waals surface area contributed by atoms with Crippen LogP contribution >= 0.6 is 15.9 Å². The first-order valence-corrected chi connectivity index (χ1v) is 19.9. The Morgan fingerprint density at radius 3 is 2.48 bits per heavy atom. The molecule has 17 heteroatoms. The third-order valence-corrected chi connectivity index (χ3v) is 11.0. The number of para-hydroxylation sites is 1. The highest BCUT2D eigenvalue weighted by Gasteiger charge is 2.44. The maximum atomic E-state index is 14.1. The highest BCUT2D eigenvalue weighted by atomic mass is 79.9. The number of benzene rings is 1. The van der Waals surface area contributed by atoms with Crippen LogP contribution in [0, 0.1) is 11.8 Å². The second-order valence-electron chi connectivity index (χ2n) is 14.9. The quantitative estimate of drug-likeness (QED) is 0.165. The monoisotopic (exact) mass is 809 g/mol. The van der Waals surface area contributed by atoms with E-state index in [2.05, 4.69) is 26.0 Å². The molecule has 288 valence electrons. The first-order chi connectivity index (χ1) is 24.3. The lowest BCUT2D eigenvalue weighted by Crippen LogP contribution is -2.53. The smallest absolute Gasteiger partial charge is 0.408 e. The Kier molecular flexibility index (Phi) is 13.4. The third kappa shape index (κ3) is 10.7. The summed E-state index contributed by atoms with van der Waals surface area (Å²) in [5, 5.41) is 2.72. The van der Waals surface area contributed by atoms with Gasteiger partial charge in [0, 0.05) is 36.9 Å². The second-order valence-corrected chi connectivity index (χ2v) is 17.6. The van der Waals surface area contributed by atoms with Crippen LogP contribution in [0.2, 0.25) is 0 Å². The third-order valence-electron chi connectivity index (χ3n) is 8.92. The van der Waals surface area contributed by atoms with Crippen molar-refractivity contribution in [3.8, 4) is 6.01 Å². The van der Waals surface area contributed by atoms with Gasteiger partial charge in [-0.2, -0.15) is 17.7 Å². The van der Waals surface area contributed by atoms with Crippen LogP contribution in [0.3, 0.4) is 0 Å². The molecule has 0 bridgehead atoms. The average Bonchev–Trinajstić information content (AvgIpc) is 3.52. The number of hydrogen-bond acceptors (Lipinski definition) is 9. The van der Waals surface area contributed by atoms with Gasteiger partial charge in [-0.1, -0.05) is 31.1 Å². The Labute approximate surface area is 314 Å². The summed E-state index contributed by atoms with van der Waals surface area (Å²) < 4.78 is 41.5. The molecule has 4 rings (SSSR count). The number of halogens is 1. The van der Waals surface area contributed by atoms with Gasteiger partial charge in [-0.3, -0.25) is 19.0 Å². The fourth-order valence-electron chi connectivity index (χ4n) is 6.18. The number of nitrogens with two attached hydrogens (primary N) is 1. The second kappa shape index (κ2) is 17.0. The molecule has 1 aromatic carbocycles. The molecule has 5 atom stereocenters. The number of hydrogen-bond donors (Lipinski definition) is 3. The van der Waals surface area contributed by atoms with Gasteiger partial charge in [-0.15, -0.1) is 0 Å². The predicted molar refractivity (Wildman–Crippen MR) is 199 cm³/mol. The molecule has 1 aromatic heterocycles. The molecular weight excluding hydrogens is 758 g/mol. The fraction of sp³-hybridized carbons (Fsp3) is 0.629. The molecule has 2 aliphatic rings. The number of nitrogens with one attached hydrogen (secondary N) is 2. The maximum absolute atomic E-state index is 14.1. The summed E-state index contributed by atoms with van der Waals surface area (Å²) in [6.07, 6.45) is 6.53. The molecular formula is C35H52BrN7O8S. The highest BCUT2D eigenvalue weighted by Crippen LogP contribution is 2.40. The van der Waals surface area contributed by atoms with Gasteiger partial charge in [0.2, 0.25) is 17.7 Å². The summed E-state index contributed by atoms with van der Waals surface area (Å²) in [6, 6.07) is 4.25. The van der Waals surface area contributed by atoms with E-state index in [0.717, 1.165) is 39.1 Å². The normalized spacial score (nSPS) is 21.2. The molecule has 1 saturated heterocycles. The number of fused-ring (bicyclic) bond motifs is 1. The number of allylic oxidation sites excluding steroid dienone is 2. The Balaban J connectivity index is 1.37. The molecule has 2 aromatic rings. The summed E-state index contributed by atoms with van der Waals surface area (Å²) >= 11 is 3.56. The Morgan fingerprint density at radius 1 is 1.13 bits per heavy atom. The number of amides is 4. The topological polar surface area (TPSA) is 195 Å². The molecule has 2 heterocycles. The Hall–Kier alpha value is -3.70. The van der Waals surface area contributed by atoms with E-state index in [4.69, 9.17) is 20.2 Å². The van der Waals surface area contributed by atoms with Crippen molar-refractivity contribution in [2.75, 3.05) is 20.6 Å². The number of unbranched alkanes of at least 4 members (excludes halogenated alkanes) is 3. The first kappa shape index (κ1) is 41.1. The minimum Gasteiger partial charge on any atom is -0.459 e. The lowest BCUT2D eigenvalue weighted by Gasteiger charge is -2.28. The van der Waals surface area contributed by atoms with Gasteiger partial charge >= 0.3 is 16.3 Å². The number of carbonyl (C=O) groups is 4. The minimum absolute atomic E-state index is 0.00441. The summed E-state index contributed by atoms with van der Waals surface area (Å²) in [4.78, 5) is 57.9. The Bertz CT molecular complexity index is 1770. The van der Waals surface area contributed by atoms with E-state index in [9.17, 15) is 27.6 Å². The van der Waals surface area contributed by atoms with Crippen molar-refractivity contribution in [1.29, 1.82) is 0 Å². The molecule has 4 amide bonds. The number of imidazole rings is 1. The van der Waals surface area contributed by atoms with Crippen LogP contribution in [-0.4, -0.2) is 95.4 Å². The number of nitrogens with zero attached hydrogens (tertiary/aromatic N) is 4. The van der Waals surface area contributed by atoms with E-state index >= 15 is 0 Å². The molecule has 1 saturated carbocycles. The lowest BCUT2D eigenvalue weighted by molar-refractivity contribution is -0.139. The van der Waals surface area contributed by atoms with Gasteiger partial charge in [0.15, 0.2) is 0 Å².